The molecule has 1 saturated carbocycles. The van der Waals surface area contributed by atoms with E-state index in [9.17, 15) is 0 Å². The molecule has 3 rings (SSSR count). The number of H-pyrrole nitrogens is 1. The Labute approximate surface area is 161 Å². The number of fused-ring (bicyclic) bond motifs is 1. The highest BCUT2D eigenvalue weighted by atomic mass is 127. The Morgan fingerprint density at radius 1 is 1.25 bits per heavy atom. The lowest BCUT2D eigenvalue weighted by Gasteiger charge is -2.11. The molecule has 0 saturated heterocycles. The number of benzene rings is 1. The van der Waals surface area contributed by atoms with Crippen molar-refractivity contribution in [1.82, 2.24) is 15.6 Å². The lowest BCUT2D eigenvalue weighted by molar-refractivity contribution is 0.644. The maximum absolute atomic E-state index is 4.31. The summed E-state index contributed by atoms with van der Waals surface area (Å²) in [7, 11) is 1.84. The topological polar surface area (TPSA) is 52.2 Å². The van der Waals surface area contributed by atoms with E-state index in [-0.39, 0.29) is 24.0 Å². The van der Waals surface area contributed by atoms with Gasteiger partial charge < -0.3 is 15.6 Å². The van der Waals surface area contributed by atoms with Gasteiger partial charge in [0.2, 0.25) is 0 Å². The summed E-state index contributed by atoms with van der Waals surface area (Å²) in [6.07, 6.45) is 8.61. The van der Waals surface area contributed by atoms with Gasteiger partial charge in [-0.25, -0.2) is 0 Å². The van der Waals surface area contributed by atoms with Crippen LogP contribution in [0.15, 0.2) is 29.4 Å². The predicted octanol–water partition coefficient (Wildman–Crippen LogP) is 3.99. The van der Waals surface area contributed by atoms with E-state index in [0.29, 0.717) is 0 Å². The van der Waals surface area contributed by atoms with Gasteiger partial charge >= 0.3 is 0 Å². The fourth-order valence-corrected chi connectivity index (χ4v) is 3.19. The van der Waals surface area contributed by atoms with Crippen molar-refractivity contribution in [1.29, 1.82) is 0 Å². The van der Waals surface area contributed by atoms with E-state index in [1.807, 2.05) is 7.05 Å². The molecule has 0 amide bonds. The zero-order valence-electron chi connectivity index (χ0n) is 14.7. The van der Waals surface area contributed by atoms with E-state index < -0.39 is 0 Å². The smallest absolute Gasteiger partial charge is 0.190 e. The highest BCUT2D eigenvalue weighted by molar-refractivity contribution is 14.0. The van der Waals surface area contributed by atoms with E-state index in [1.54, 1.807) is 0 Å². The Hall–Kier alpha value is -1.24. The number of aromatic amines is 1. The van der Waals surface area contributed by atoms with Crippen molar-refractivity contribution in [2.45, 2.75) is 39.0 Å². The third kappa shape index (κ3) is 5.13. The molecule has 3 N–H and O–H groups in total. The van der Waals surface area contributed by atoms with Crippen LogP contribution in [0.3, 0.4) is 0 Å². The van der Waals surface area contributed by atoms with Crippen LogP contribution in [0.25, 0.3) is 10.9 Å². The van der Waals surface area contributed by atoms with Gasteiger partial charge in [0.1, 0.15) is 0 Å². The quantitative estimate of drug-likeness (QED) is 0.264. The van der Waals surface area contributed by atoms with Crippen LogP contribution in [0.4, 0.5) is 0 Å². The van der Waals surface area contributed by atoms with Crippen molar-refractivity contribution in [3.8, 4) is 0 Å². The monoisotopic (exact) mass is 440 g/mol. The first-order chi connectivity index (χ1) is 11.3. The molecule has 0 unspecified atom stereocenters. The molecule has 0 aliphatic heterocycles. The number of rotatable bonds is 7. The Kier molecular flexibility index (Phi) is 7.40. The second-order valence-electron chi connectivity index (χ2n) is 6.57. The average Bonchev–Trinajstić information content (AvgIpc) is 3.29. The number of halogens is 1. The van der Waals surface area contributed by atoms with Gasteiger partial charge in [0.25, 0.3) is 0 Å². The van der Waals surface area contributed by atoms with Crippen LogP contribution in [0.5, 0.6) is 0 Å². The van der Waals surface area contributed by atoms with Gasteiger partial charge in [-0.05, 0) is 49.3 Å². The van der Waals surface area contributed by atoms with E-state index in [4.69, 9.17) is 0 Å². The van der Waals surface area contributed by atoms with E-state index in [0.717, 1.165) is 31.4 Å². The van der Waals surface area contributed by atoms with Gasteiger partial charge in [-0.15, -0.1) is 24.0 Å². The minimum Gasteiger partial charge on any atom is -0.361 e. The molecule has 0 bridgehead atoms. The molecule has 24 heavy (non-hydrogen) atoms. The van der Waals surface area contributed by atoms with E-state index >= 15 is 0 Å². The first-order valence-corrected chi connectivity index (χ1v) is 8.78. The minimum atomic E-state index is 0. The fourth-order valence-electron chi connectivity index (χ4n) is 3.19. The molecule has 4 nitrogen and oxygen atoms in total. The van der Waals surface area contributed by atoms with Crippen molar-refractivity contribution < 1.29 is 0 Å². The number of aromatic nitrogens is 1. The van der Waals surface area contributed by atoms with Gasteiger partial charge in [0.05, 0.1) is 0 Å². The Balaban J connectivity index is 0.00000208. The SMILES string of the molecule is CN=C(NCCCC1CC1)NCCc1c[nH]c2cccc(C)c12.I. The molecule has 1 aliphatic rings. The molecule has 1 heterocycles. The highest BCUT2D eigenvalue weighted by Crippen LogP contribution is 2.33. The maximum Gasteiger partial charge on any atom is 0.190 e. The van der Waals surface area contributed by atoms with Crippen LogP contribution < -0.4 is 10.6 Å². The molecular weight excluding hydrogens is 411 g/mol. The second-order valence-corrected chi connectivity index (χ2v) is 6.57. The number of aliphatic imine (C=N–C) groups is 1. The van der Waals surface area contributed by atoms with Crippen molar-refractivity contribution in [2.24, 2.45) is 10.9 Å². The molecule has 132 valence electrons. The Morgan fingerprint density at radius 3 is 2.79 bits per heavy atom. The van der Waals surface area contributed by atoms with E-state index in [2.05, 4.69) is 51.9 Å². The number of aryl methyl sites for hydroxylation is 1. The van der Waals surface area contributed by atoms with Crippen molar-refractivity contribution in [3.63, 3.8) is 0 Å². The number of guanidine groups is 1. The normalized spacial score (nSPS) is 14.5. The number of hydrogen-bond donors (Lipinski definition) is 3. The summed E-state index contributed by atoms with van der Waals surface area (Å²) in [4.78, 5) is 7.67. The Bertz CT molecular complexity index is 673. The summed E-state index contributed by atoms with van der Waals surface area (Å²) < 4.78 is 0. The zero-order chi connectivity index (χ0) is 16.1. The number of nitrogens with one attached hydrogen (secondary N) is 3. The largest absolute Gasteiger partial charge is 0.361 e. The maximum atomic E-state index is 4.31. The summed E-state index contributed by atoms with van der Waals surface area (Å²) in [6, 6.07) is 6.41. The van der Waals surface area contributed by atoms with Gasteiger partial charge in [-0.1, -0.05) is 25.0 Å². The van der Waals surface area contributed by atoms with Crippen LogP contribution >= 0.6 is 24.0 Å². The molecule has 1 aliphatic carbocycles. The van der Waals surface area contributed by atoms with Gasteiger partial charge in [-0.3, -0.25) is 4.99 Å². The minimum absolute atomic E-state index is 0. The highest BCUT2D eigenvalue weighted by Gasteiger charge is 2.19. The third-order valence-corrected chi connectivity index (χ3v) is 4.68. The van der Waals surface area contributed by atoms with Gasteiger partial charge in [0, 0.05) is 37.2 Å². The summed E-state index contributed by atoms with van der Waals surface area (Å²) in [5.41, 5.74) is 3.93. The van der Waals surface area contributed by atoms with Crippen LogP contribution in [-0.4, -0.2) is 31.1 Å². The zero-order valence-corrected chi connectivity index (χ0v) is 17.0. The number of hydrogen-bond acceptors (Lipinski definition) is 1. The van der Waals surface area contributed by atoms with Crippen LogP contribution in [0, 0.1) is 12.8 Å². The lowest BCUT2D eigenvalue weighted by atomic mass is 10.1. The van der Waals surface area contributed by atoms with Gasteiger partial charge in [0.15, 0.2) is 5.96 Å². The van der Waals surface area contributed by atoms with Crippen molar-refractivity contribution in [3.05, 3.63) is 35.5 Å². The molecule has 1 aromatic heterocycles. The van der Waals surface area contributed by atoms with Crippen LogP contribution in [0.1, 0.15) is 36.8 Å². The molecular formula is C19H29IN4. The van der Waals surface area contributed by atoms with Crippen LogP contribution in [0.2, 0.25) is 0 Å². The second kappa shape index (κ2) is 9.30. The first-order valence-electron chi connectivity index (χ1n) is 8.78. The fraction of sp³-hybridized carbons (Fsp3) is 0.526. The lowest BCUT2D eigenvalue weighted by Crippen LogP contribution is -2.38. The molecule has 0 radical (unpaired) electrons. The molecule has 2 aromatic rings. The first kappa shape index (κ1) is 19.1. The van der Waals surface area contributed by atoms with Crippen molar-refractivity contribution in [2.75, 3.05) is 20.1 Å². The third-order valence-electron chi connectivity index (χ3n) is 4.68. The molecule has 1 fully saturated rings. The average molecular weight is 440 g/mol. The molecule has 1 aromatic carbocycles. The standard InChI is InChI=1S/C19H28N4.HI/c1-14-5-3-7-17-18(14)16(13-23-17)10-12-22-19(20-2)21-11-4-6-15-8-9-15;/h3,5,7,13,15,23H,4,6,8-12H2,1-2H3,(H2,20,21,22);1H. The van der Waals surface area contributed by atoms with Crippen molar-refractivity contribution >= 4 is 40.8 Å². The Morgan fingerprint density at radius 2 is 2.04 bits per heavy atom. The number of nitrogens with zero attached hydrogens (tertiary/aromatic N) is 1. The summed E-state index contributed by atoms with van der Waals surface area (Å²) in [5.74, 6) is 1.93. The van der Waals surface area contributed by atoms with Gasteiger partial charge in [-0.2, -0.15) is 0 Å². The molecule has 0 atom stereocenters. The summed E-state index contributed by atoms with van der Waals surface area (Å²) in [6.45, 7) is 4.08. The molecule has 5 heteroatoms. The summed E-state index contributed by atoms with van der Waals surface area (Å²) >= 11 is 0. The predicted molar refractivity (Wildman–Crippen MR) is 113 cm³/mol. The van der Waals surface area contributed by atoms with E-state index in [1.165, 1.54) is 47.7 Å². The molecule has 0 spiro atoms. The summed E-state index contributed by atoms with van der Waals surface area (Å²) in [5, 5.41) is 8.20. The van der Waals surface area contributed by atoms with Crippen LogP contribution in [-0.2, 0) is 6.42 Å².